The Morgan fingerprint density at radius 1 is 0.387 bits per heavy atom. The number of hydrogen-bond donors (Lipinski definition) is 12. The lowest BCUT2D eigenvalue weighted by Gasteiger charge is -2.48. The molecule has 3 saturated heterocycles. The molecule has 19 heteroatoms. The van der Waals surface area contributed by atoms with E-state index in [9.17, 15) is 61.0 Å². The molecule has 19 nitrogen and oxygen atoms in total. The van der Waals surface area contributed by atoms with Gasteiger partial charge in [-0.25, -0.2) is 0 Å². The normalized spacial score (nSPS) is 27.6. The number of allylic oxidation sites excluding steroid dienone is 4. The number of amides is 1. The first kappa shape index (κ1) is 85.5. The zero-order valence-electron chi connectivity index (χ0n) is 58.3. The fraction of sp³-hybridized carbons (Fsp3) is 0.932. The first-order chi connectivity index (χ1) is 45.3. The van der Waals surface area contributed by atoms with E-state index in [-0.39, 0.29) is 18.9 Å². The van der Waals surface area contributed by atoms with Gasteiger partial charge < -0.3 is 89.9 Å². The summed E-state index contributed by atoms with van der Waals surface area (Å²) in [6.07, 6.45) is 38.6. The van der Waals surface area contributed by atoms with Gasteiger partial charge in [-0.05, 0) is 44.9 Å². The third-order valence-corrected chi connectivity index (χ3v) is 19.3. The van der Waals surface area contributed by atoms with Crippen molar-refractivity contribution in [1.29, 1.82) is 0 Å². The number of hydrogen-bond acceptors (Lipinski definition) is 18. The number of carbonyl (C=O) groups excluding carboxylic acids is 1. The molecule has 0 aromatic carbocycles. The molecule has 3 aliphatic rings. The van der Waals surface area contributed by atoms with E-state index < -0.39 is 124 Å². The fourth-order valence-electron chi connectivity index (χ4n) is 13.1. The molecule has 0 saturated carbocycles. The first-order valence-electron chi connectivity index (χ1n) is 38.1. The number of aliphatic hydroxyl groups excluding tert-OH is 11. The molecule has 0 aromatic rings. The molecule has 0 aromatic heterocycles. The zero-order chi connectivity index (χ0) is 67.5. The molecule has 0 aliphatic carbocycles. The van der Waals surface area contributed by atoms with Gasteiger partial charge in [-0.3, -0.25) is 4.79 Å². The maximum atomic E-state index is 13.4. The minimum absolute atomic E-state index is 0.252. The highest BCUT2D eigenvalue weighted by molar-refractivity contribution is 5.76. The third-order valence-electron chi connectivity index (χ3n) is 19.3. The van der Waals surface area contributed by atoms with Crippen LogP contribution in [0.15, 0.2) is 24.3 Å². The Balaban J connectivity index is 1.35. The zero-order valence-corrected chi connectivity index (χ0v) is 58.3. The van der Waals surface area contributed by atoms with Crippen LogP contribution in [0.5, 0.6) is 0 Å². The SMILES string of the molecule is CCCCC/C=C\C/C=C\CCCCCCCC(=O)NC(COC1OC(CO)C(OC2OC(CO)C(OC3OC(CO)C(O)C(O)C3O)C(O)C2O)C(O)C1O)C(O)CCCCCCCCCCCCCCCCCCCCCCCCCCCCCCCCCCC. The Morgan fingerprint density at radius 3 is 1.12 bits per heavy atom. The standard InChI is InChI=1S/C74H139NO18/c1-3-5-7-9-11-13-15-17-19-20-21-22-23-24-25-26-27-28-29-30-31-32-33-34-35-36-38-39-41-43-45-47-49-51-58(79)57(75-62(80)52-50-48-46-44-42-40-37-18-16-14-12-10-8-6-4-2)56-88-72-68(86)65(83)70(60(54-77)90-72)93-74-69(87)66(84)71(61(55-78)91-74)92-73-67(85)64(82)63(81)59(53-76)89-73/h12,14,18,37,57-61,63-74,76-79,81-87H,3-11,13,15-17,19-36,38-56H2,1-2H3,(H,75,80)/b14-12-,37-18-. The minimum atomic E-state index is -1.97. The van der Waals surface area contributed by atoms with Crippen molar-refractivity contribution in [1.82, 2.24) is 5.32 Å². The predicted octanol–water partition coefficient (Wildman–Crippen LogP) is 11.4. The quantitative estimate of drug-likeness (QED) is 0.0199. The molecule has 3 fully saturated rings. The summed E-state index contributed by atoms with van der Waals surface area (Å²) in [6, 6.07) is -0.894. The molecule has 548 valence electrons. The van der Waals surface area contributed by atoms with E-state index >= 15 is 0 Å². The number of ether oxygens (including phenoxy) is 6. The van der Waals surface area contributed by atoms with Crippen molar-refractivity contribution in [2.45, 2.75) is 413 Å². The molecule has 1 amide bonds. The first-order valence-corrected chi connectivity index (χ1v) is 38.1. The molecule has 0 spiro atoms. The van der Waals surface area contributed by atoms with Crippen LogP contribution >= 0.6 is 0 Å². The molecule has 12 N–H and O–H groups in total. The summed E-state index contributed by atoms with van der Waals surface area (Å²) in [4.78, 5) is 13.4. The van der Waals surface area contributed by atoms with Gasteiger partial charge in [-0.15, -0.1) is 0 Å². The highest BCUT2D eigenvalue weighted by Gasteiger charge is 2.53. The van der Waals surface area contributed by atoms with Gasteiger partial charge in [0.2, 0.25) is 5.91 Å². The Kier molecular flexibility index (Phi) is 51.5. The van der Waals surface area contributed by atoms with E-state index in [1.807, 2.05) is 0 Å². The van der Waals surface area contributed by atoms with Crippen molar-refractivity contribution < 1.29 is 89.4 Å². The van der Waals surface area contributed by atoms with Crippen LogP contribution in [0.2, 0.25) is 0 Å². The van der Waals surface area contributed by atoms with E-state index in [1.54, 1.807) is 0 Å². The second kappa shape index (κ2) is 56.1. The van der Waals surface area contributed by atoms with Crippen molar-refractivity contribution in [3.63, 3.8) is 0 Å². The lowest BCUT2D eigenvalue weighted by Crippen LogP contribution is -2.66. The summed E-state index contributed by atoms with van der Waals surface area (Å²) in [5, 5.41) is 121. The number of unbranched alkanes of at least 4 members (excludes halogenated alkanes) is 40. The van der Waals surface area contributed by atoms with E-state index in [1.165, 1.54) is 205 Å². The van der Waals surface area contributed by atoms with Gasteiger partial charge in [0, 0.05) is 6.42 Å². The molecule has 0 bridgehead atoms. The van der Waals surface area contributed by atoms with Crippen molar-refractivity contribution in [2.75, 3.05) is 26.4 Å². The Labute approximate surface area is 562 Å². The summed E-state index contributed by atoms with van der Waals surface area (Å²) in [5.41, 5.74) is 0. The van der Waals surface area contributed by atoms with Gasteiger partial charge in [0.15, 0.2) is 18.9 Å². The molecule has 17 atom stereocenters. The Hall–Kier alpha value is -1.73. The second-order valence-electron chi connectivity index (χ2n) is 27.5. The van der Waals surface area contributed by atoms with Crippen LogP contribution in [0.4, 0.5) is 0 Å². The second-order valence-corrected chi connectivity index (χ2v) is 27.5. The average molecular weight is 1330 g/mol. The smallest absolute Gasteiger partial charge is 0.220 e. The number of carbonyl (C=O) groups is 1. The third kappa shape index (κ3) is 37.3. The monoisotopic (exact) mass is 1330 g/mol. The molecular formula is C74H139NO18. The van der Waals surface area contributed by atoms with Crippen LogP contribution in [0.25, 0.3) is 0 Å². The Morgan fingerprint density at radius 2 is 0.710 bits per heavy atom. The van der Waals surface area contributed by atoms with E-state index in [4.69, 9.17) is 28.4 Å². The van der Waals surface area contributed by atoms with Crippen LogP contribution < -0.4 is 5.32 Å². The minimum Gasteiger partial charge on any atom is -0.394 e. The number of rotatable bonds is 60. The van der Waals surface area contributed by atoms with Crippen molar-refractivity contribution in [3.8, 4) is 0 Å². The number of nitrogens with one attached hydrogen (secondary N) is 1. The summed E-state index contributed by atoms with van der Waals surface area (Å²) in [5.74, 6) is -0.253. The summed E-state index contributed by atoms with van der Waals surface area (Å²) < 4.78 is 34.4. The topological polar surface area (TPSA) is 307 Å². The lowest BCUT2D eigenvalue weighted by atomic mass is 9.96. The summed E-state index contributed by atoms with van der Waals surface area (Å²) in [6.45, 7) is 1.79. The molecule has 17 unspecified atom stereocenters. The Bertz CT molecular complexity index is 1780. The van der Waals surface area contributed by atoms with Gasteiger partial charge in [0.25, 0.3) is 0 Å². The van der Waals surface area contributed by atoms with Crippen LogP contribution in [0.3, 0.4) is 0 Å². The molecule has 0 radical (unpaired) electrons. The van der Waals surface area contributed by atoms with Crippen molar-refractivity contribution >= 4 is 5.91 Å². The van der Waals surface area contributed by atoms with Gasteiger partial charge in [0.05, 0.1) is 38.6 Å². The molecule has 93 heavy (non-hydrogen) atoms. The number of aliphatic hydroxyl groups is 11. The largest absolute Gasteiger partial charge is 0.394 e. The summed E-state index contributed by atoms with van der Waals surface area (Å²) in [7, 11) is 0. The van der Waals surface area contributed by atoms with Crippen LogP contribution in [0.1, 0.15) is 309 Å². The summed E-state index contributed by atoms with van der Waals surface area (Å²) >= 11 is 0. The molecular weight excluding hydrogens is 1190 g/mol. The maximum Gasteiger partial charge on any atom is 0.220 e. The molecule has 3 rings (SSSR count). The van der Waals surface area contributed by atoms with Crippen molar-refractivity contribution in [2.24, 2.45) is 0 Å². The van der Waals surface area contributed by atoms with Crippen molar-refractivity contribution in [3.05, 3.63) is 24.3 Å². The van der Waals surface area contributed by atoms with E-state index in [2.05, 4.69) is 43.5 Å². The maximum absolute atomic E-state index is 13.4. The van der Waals surface area contributed by atoms with Crippen LogP contribution in [0, 0.1) is 0 Å². The van der Waals surface area contributed by atoms with E-state index in [0.29, 0.717) is 12.8 Å². The molecule has 3 aliphatic heterocycles. The highest BCUT2D eigenvalue weighted by atomic mass is 16.8. The highest BCUT2D eigenvalue weighted by Crippen LogP contribution is 2.33. The molecule has 3 heterocycles. The predicted molar refractivity (Wildman–Crippen MR) is 365 cm³/mol. The average Bonchev–Trinajstić information content (AvgIpc) is 0.814. The van der Waals surface area contributed by atoms with Gasteiger partial charge in [-0.1, -0.05) is 282 Å². The van der Waals surface area contributed by atoms with Crippen LogP contribution in [-0.4, -0.2) is 193 Å². The lowest BCUT2D eigenvalue weighted by molar-refractivity contribution is -0.379. The van der Waals surface area contributed by atoms with Crippen LogP contribution in [-0.2, 0) is 33.2 Å². The van der Waals surface area contributed by atoms with Gasteiger partial charge in [0.1, 0.15) is 73.2 Å². The van der Waals surface area contributed by atoms with Gasteiger partial charge >= 0.3 is 0 Å². The van der Waals surface area contributed by atoms with Gasteiger partial charge in [-0.2, -0.15) is 0 Å². The fourth-order valence-corrected chi connectivity index (χ4v) is 13.1. The van der Waals surface area contributed by atoms with E-state index in [0.717, 1.165) is 70.6 Å².